The number of hydrogen-bond donors (Lipinski definition) is 0. The topological polar surface area (TPSA) is 6.48 Å². The number of para-hydroxylation sites is 2. The fourth-order valence-corrected chi connectivity index (χ4v) is 9.13. The van der Waals surface area contributed by atoms with Crippen molar-refractivity contribution in [2.24, 2.45) is 0 Å². The first kappa shape index (κ1) is 41.1. The maximum absolute atomic E-state index is 3.00. The summed E-state index contributed by atoms with van der Waals surface area (Å²) in [5.41, 5.74) is 8.29. The second-order valence-electron chi connectivity index (χ2n) is 13.9. The van der Waals surface area contributed by atoms with Gasteiger partial charge in [-0.2, -0.15) is 0 Å². The van der Waals surface area contributed by atoms with Gasteiger partial charge in [0, 0.05) is 11.4 Å². The van der Waals surface area contributed by atoms with Gasteiger partial charge in [-0.3, -0.25) is 0 Å². The monoisotopic (exact) mass is 868 g/mol. The Hall–Kier alpha value is -2.68. The van der Waals surface area contributed by atoms with Crippen molar-refractivity contribution in [2.45, 2.75) is 79.1 Å². The Bertz CT molecular complexity index is 1580. The van der Waals surface area contributed by atoms with Crippen molar-refractivity contribution in [3.05, 3.63) is 169 Å². The zero-order valence-electron chi connectivity index (χ0n) is 31.1. The van der Waals surface area contributed by atoms with Crippen LogP contribution in [0.5, 0.6) is 0 Å². The Balaban J connectivity index is 0.000000228. The van der Waals surface area contributed by atoms with Gasteiger partial charge in [-0.1, -0.05) is 146 Å². The zero-order valence-corrected chi connectivity index (χ0v) is 36.3. The summed E-state index contributed by atoms with van der Waals surface area (Å²) < 4.78 is 0. The fourth-order valence-electron chi connectivity index (χ4n) is 6.55. The summed E-state index contributed by atoms with van der Waals surface area (Å²) in [6, 6.07) is 46.0. The number of rotatable bonds is 9. The molecule has 5 aromatic rings. The molecule has 0 saturated heterocycles. The molecular weight excluding hydrogens is 818 g/mol. The molecule has 5 aromatic carbocycles. The van der Waals surface area contributed by atoms with Crippen LogP contribution < -0.4 is 25.7 Å². The predicted octanol–water partition coefficient (Wildman–Crippen LogP) is 13.0. The van der Waals surface area contributed by atoms with Crippen molar-refractivity contribution in [2.75, 3.05) is 9.80 Å². The van der Waals surface area contributed by atoms with Gasteiger partial charge in [-0.25, -0.2) is 0 Å². The zero-order chi connectivity index (χ0) is 36.9. The standard InChI is InChI=1S/C27H37N2.C18H15P.2BrH.Ni/c1-18(2)22-11-9-12-23(19(3)4)26(22)28-15-16-29(17-28)27-24(20(5)6)13-10-14-25(27)21(7)8;1-4-10-16(11-5-1)19(17-12-6-2-7-13-17)18-14-8-3-9-15-18;;;/h9-21H,1-8H3;1-15H;2*1H;/q-1;;;;+3/p-1. The van der Waals surface area contributed by atoms with Crippen LogP contribution in [0.25, 0.3) is 0 Å². The molecule has 0 spiro atoms. The summed E-state index contributed by atoms with van der Waals surface area (Å²) in [6.45, 7) is 20.5. The quantitative estimate of drug-likeness (QED) is 0.0827. The van der Waals surface area contributed by atoms with Gasteiger partial charge in [0.05, 0.1) is 7.92 Å². The third kappa shape index (κ3) is 10.9. The minimum absolute atomic E-state index is 0.480. The smallest absolute Gasteiger partial charge is 0.0620 e. The Labute approximate surface area is 329 Å². The molecule has 0 aliphatic carbocycles. The Morgan fingerprint density at radius 2 is 0.686 bits per heavy atom. The number of nitrogens with zero attached hydrogens (tertiary/aromatic N) is 2. The van der Waals surface area contributed by atoms with Crippen LogP contribution in [0, 0.1) is 6.67 Å². The van der Waals surface area contributed by atoms with E-state index in [0.717, 1.165) is 0 Å². The molecule has 1 aliphatic rings. The van der Waals surface area contributed by atoms with E-state index in [9.17, 15) is 0 Å². The fraction of sp³-hybridized carbons (Fsp3) is 0.267. The van der Waals surface area contributed by atoms with Crippen molar-refractivity contribution in [1.82, 2.24) is 0 Å². The molecular formula is C45H53Br2N2NiP+. The molecule has 2 nitrogen and oxygen atoms in total. The van der Waals surface area contributed by atoms with Gasteiger partial charge >= 0.3 is 39.3 Å². The SMILES string of the molecule is CC(C)c1cccc(C(C)C)c1N1C=CN(c2c(C(C)C)cccc2C(C)C)[CH-]1.[Br][Ni+][Br].c1ccc([PH+](c2ccccc2)c2ccccc2)cc1. The molecule has 0 atom stereocenters. The van der Waals surface area contributed by atoms with E-state index in [0.29, 0.717) is 23.7 Å². The summed E-state index contributed by atoms with van der Waals surface area (Å²) in [7, 11) is 0.373. The minimum Gasteiger partial charge on any atom is -0.0620 e. The molecule has 0 aromatic heterocycles. The van der Waals surface area contributed by atoms with E-state index in [2.05, 4.69) is 240 Å². The Morgan fingerprint density at radius 1 is 0.431 bits per heavy atom. The van der Waals surface area contributed by atoms with Crippen molar-refractivity contribution < 1.29 is 10.9 Å². The van der Waals surface area contributed by atoms with Gasteiger partial charge in [-0.15, -0.1) is 6.67 Å². The molecule has 0 amide bonds. The molecule has 1 heterocycles. The van der Waals surface area contributed by atoms with Crippen LogP contribution in [0.15, 0.2) is 140 Å². The van der Waals surface area contributed by atoms with E-state index in [1.54, 1.807) is 0 Å². The van der Waals surface area contributed by atoms with Crippen LogP contribution in [0.1, 0.15) is 101 Å². The molecule has 0 N–H and O–H groups in total. The van der Waals surface area contributed by atoms with E-state index in [4.69, 9.17) is 0 Å². The largest absolute Gasteiger partial charge is 0.102 e. The maximum atomic E-state index is 3.00. The van der Waals surface area contributed by atoms with Gasteiger partial charge in [0.1, 0.15) is 15.9 Å². The predicted molar refractivity (Wildman–Crippen MR) is 232 cm³/mol. The summed E-state index contributed by atoms with van der Waals surface area (Å²) in [5, 5.41) is 4.31. The van der Waals surface area contributed by atoms with Crippen molar-refractivity contribution in [3.8, 4) is 0 Å². The van der Waals surface area contributed by atoms with Crippen molar-refractivity contribution >= 4 is 63.7 Å². The van der Waals surface area contributed by atoms with Gasteiger partial charge in [0.2, 0.25) is 0 Å². The number of benzene rings is 5. The van der Waals surface area contributed by atoms with Crippen LogP contribution in [0.4, 0.5) is 11.4 Å². The average Bonchev–Trinajstić information content (AvgIpc) is 3.63. The Morgan fingerprint density at radius 3 is 0.922 bits per heavy atom. The Kier molecular flexibility index (Phi) is 16.5. The third-order valence-electron chi connectivity index (χ3n) is 9.03. The van der Waals surface area contributed by atoms with Crippen LogP contribution >= 0.6 is 36.4 Å². The van der Waals surface area contributed by atoms with E-state index in [-0.39, 0.29) is 0 Å². The second kappa shape index (κ2) is 20.5. The number of hydrogen-bond acceptors (Lipinski definition) is 2. The first-order valence-corrected chi connectivity index (χ1v) is 24.2. The van der Waals surface area contributed by atoms with Crippen LogP contribution in [0.3, 0.4) is 0 Å². The van der Waals surface area contributed by atoms with Gasteiger partial charge in [0.25, 0.3) is 0 Å². The number of halogens is 2. The maximum Gasteiger partial charge on any atom is 0.102 e. The van der Waals surface area contributed by atoms with Crippen LogP contribution in [0.2, 0.25) is 0 Å². The molecule has 51 heavy (non-hydrogen) atoms. The average molecular weight is 871 g/mol. The van der Waals surface area contributed by atoms with E-state index in [1.165, 1.54) is 60.4 Å². The van der Waals surface area contributed by atoms with Gasteiger partial charge in [-0.05, 0) is 94.7 Å². The van der Waals surface area contributed by atoms with E-state index in [1.807, 2.05) is 0 Å². The van der Waals surface area contributed by atoms with Crippen LogP contribution in [-0.2, 0) is 10.9 Å². The second-order valence-corrected chi connectivity index (χ2v) is 21.4. The molecule has 271 valence electrons. The minimum atomic E-state index is -0.877. The van der Waals surface area contributed by atoms with Crippen LogP contribution in [-0.4, -0.2) is 0 Å². The van der Waals surface area contributed by atoms with E-state index < -0.39 is 7.92 Å². The molecule has 0 unspecified atom stereocenters. The molecule has 0 saturated carbocycles. The summed E-state index contributed by atoms with van der Waals surface area (Å²) >= 11 is 6.00. The molecule has 0 fully saturated rings. The molecule has 6 heteroatoms. The molecule has 0 radical (unpaired) electrons. The molecule has 0 bridgehead atoms. The van der Waals surface area contributed by atoms with E-state index >= 15 is 0 Å². The summed E-state index contributed by atoms with van der Waals surface area (Å²) in [6.07, 6.45) is 4.43. The molecule has 6 rings (SSSR count). The summed E-state index contributed by atoms with van der Waals surface area (Å²) in [5.74, 6) is 1.92. The third-order valence-corrected chi connectivity index (χ3v) is 11.8. The normalized spacial score (nSPS) is 12.5. The molecule has 1 aliphatic heterocycles. The summed E-state index contributed by atoms with van der Waals surface area (Å²) in [4.78, 5) is 4.65. The first-order valence-electron chi connectivity index (χ1n) is 17.8. The first-order chi connectivity index (χ1) is 24.6. The van der Waals surface area contributed by atoms with Gasteiger partial charge < -0.3 is 9.80 Å². The number of anilines is 2. The van der Waals surface area contributed by atoms with Crippen molar-refractivity contribution in [3.63, 3.8) is 0 Å². The van der Waals surface area contributed by atoms with Crippen molar-refractivity contribution in [1.29, 1.82) is 0 Å². The van der Waals surface area contributed by atoms with Gasteiger partial charge in [0.15, 0.2) is 0 Å².